The van der Waals surface area contributed by atoms with Crippen LogP contribution in [0.15, 0.2) is 48.5 Å². The van der Waals surface area contributed by atoms with E-state index >= 15 is 0 Å². The minimum atomic E-state index is -0.523. The average Bonchev–Trinajstić information content (AvgIpc) is 3.52. The number of hydrogen-bond donors (Lipinski definition) is 0. The first kappa shape index (κ1) is 28.9. The quantitative estimate of drug-likeness (QED) is 0.266. The van der Waals surface area contributed by atoms with Gasteiger partial charge in [0.05, 0.1) is 41.1 Å². The van der Waals surface area contributed by atoms with E-state index in [4.69, 9.17) is 32.9 Å². The lowest BCUT2D eigenvalue weighted by Crippen LogP contribution is -2.42. The summed E-state index contributed by atoms with van der Waals surface area (Å²) < 4.78 is 22.2. The number of carbonyl (C=O) groups excluding carboxylic acids is 2. The SMILES string of the molecule is COc1cccc2nc(C(=O)N(CCN(C)C)C3CN(C(C)=O)c4c3ccc(Cl)c4Cl)c(-c3ccc(C)c(F)c3)n12. The van der Waals surface area contributed by atoms with Gasteiger partial charge in [0.2, 0.25) is 5.91 Å². The molecule has 0 fully saturated rings. The van der Waals surface area contributed by atoms with Gasteiger partial charge in [0.1, 0.15) is 11.5 Å². The third kappa shape index (κ3) is 5.14. The van der Waals surface area contributed by atoms with Gasteiger partial charge in [0.25, 0.3) is 5.91 Å². The van der Waals surface area contributed by atoms with E-state index in [1.807, 2.05) is 19.0 Å². The number of benzene rings is 2. The van der Waals surface area contributed by atoms with Gasteiger partial charge in [-0.2, -0.15) is 0 Å². The Balaban J connectivity index is 1.71. The summed E-state index contributed by atoms with van der Waals surface area (Å²) in [5, 5.41) is 0.578. The molecule has 8 nitrogen and oxygen atoms in total. The predicted octanol–water partition coefficient (Wildman–Crippen LogP) is 5.88. The van der Waals surface area contributed by atoms with Gasteiger partial charge >= 0.3 is 0 Å². The summed E-state index contributed by atoms with van der Waals surface area (Å²) in [7, 11) is 5.36. The van der Waals surface area contributed by atoms with Gasteiger partial charge in [0.15, 0.2) is 11.6 Å². The standard InChI is InChI=1S/C30H30Cl2FN5O3/c1-17-9-10-19(15-22(17)33)28-27(34-24-7-6-8-25(41-5)38(24)28)30(40)36(14-13-35(3)4)23-16-37(18(2)39)29-20(23)11-12-21(31)26(29)32/h6-12,15,23H,13-14,16H2,1-5H3. The summed E-state index contributed by atoms with van der Waals surface area (Å²) in [4.78, 5) is 37.3. The van der Waals surface area contributed by atoms with Crippen molar-refractivity contribution in [3.8, 4) is 17.1 Å². The molecule has 3 heterocycles. The second-order valence-electron chi connectivity index (χ2n) is 10.3. The van der Waals surface area contributed by atoms with Crippen LogP contribution in [0, 0.1) is 12.7 Å². The number of nitrogens with zero attached hydrogens (tertiary/aromatic N) is 5. The monoisotopic (exact) mass is 597 g/mol. The van der Waals surface area contributed by atoms with Gasteiger partial charge in [-0.05, 0) is 50.8 Å². The second-order valence-corrected chi connectivity index (χ2v) is 11.1. The Labute approximate surface area is 247 Å². The minimum Gasteiger partial charge on any atom is -0.482 e. The highest BCUT2D eigenvalue weighted by Gasteiger charge is 2.40. The first-order valence-electron chi connectivity index (χ1n) is 13.1. The van der Waals surface area contributed by atoms with Crippen molar-refractivity contribution in [2.45, 2.75) is 19.9 Å². The number of hydrogen-bond acceptors (Lipinski definition) is 5. The summed E-state index contributed by atoms with van der Waals surface area (Å²) in [5.41, 5.74) is 3.20. The molecular weight excluding hydrogens is 568 g/mol. The van der Waals surface area contributed by atoms with Crippen LogP contribution in [0.4, 0.5) is 10.1 Å². The van der Waals surface area contributed by atoms with Gasteiger partial charge in [-0.1, -0.05) is 47.5 Å². The molecule has 0 saturated heterocycles. The number of likely N-dealkylation sites (N-methyl/N-ethyl adjacent to an activating group) is 1. The summed E-state index contributed by atoms with van der Waals surface area (Å²) in [5.74, 6) is -0.545. The molecule has 0 spiro atoms. The first-order chi connectivity index (χ1) is 19.5. The van der Waals surface area contributed by atoms with Crippen molar-refractivity contribution >= 4 is 46.4 Å². The molecule has 1 atom stereocenters. The zero-order valence-electron chi connectivity index (χ0n) is 23.4. The van der Waals surface area contributed by atoms with Crippen molar-refractivity contribution in [1.82, 2.24) is 19.2 Å². The Morgan fingerprint density at radius 2 is 1.88 bits per heavy atom. The van der Waals surface area contributed by atoms with E-state index in [1.165, 1.54) is 20.1 Å². The fourth-order valence-electron chi connectivity index (χ4n) is 5.23. The molecule has 11 heteroatoms. The fourth-order valence-corrected chi connectivity index (χ4v) is 5.66. The molecule has 1 unspecified atom stereocenters. The molecule has 0 radical (unpaired) electrons. The van der Waals surface area contributed by atoms with E-state index in [0.717, 1.165) is 0 Å². The second kappa shape index (κ2) is 11.3. The van der Waals surface area contributed by atoms with Gasteiger partial charge < -0.3 is 19.4 Å². The molecule has 0 N–H and O–H groups in total. The number of carbonyl (C=O) groups is 2. The third-order valence-corrected chi connectivity index (χ3v) is 8.15. The molecule has 0 bridgehead atoms. The molecular formula is C30H30Cl2FN5O3. The maximum Gasteiger partial charge on any atom is 0.275 e. The Morgan fingerprint density at radius 1 is 1.12 bits per heavy atom. The lowest BCUT2D eigenvalue weighted by Gasteiger charge is -2.30. The molecule has 1 aliphatic rings. The van der Waals surface area contributed by atoms with Gasteiger partial charge in [-0.3, -0.25) is 14.0 Å². The van der Waals surface area contributed by atoms with Gasteiger partial charge in [-0.15, -0.1) is 0 Å². The Kier molecular flexibility index (Phi) is 7.96. The van der Waals surface area contributed by atoms with Crippen LogP contribution in [-0.2, 0) is 4.79 Å². The fraction of sp³-hybridized carbons (Fsp3) is 0.300. The van der Waals surface area contributed by atoms with Crippen LogP contribution in [0.5, 0.6) is 5.88 Å². The average molecular weight is 599 g/mol. The molecule has 2 aromatic carbocycles. The largest absolute Gasteiger partial charge is 0.482 e. The van der Waals surface area contributed by atoms with Crippen LogP contribution >= 0.6 is 23.2 Å². The van der Waals surface area contributed by atoms with Gasteiger partial charge in [0, 0.05) is 31.1 Å². The molecule has 2 amide bonds. The maximum atomic E-state index is 14.8. The topological polar surface area (TPSA) is 70.4 Å². The van der Waals surface area contributed by atoms with Crippen LogP contribution in [-0.4, -0.2) is 71.8 Å². The number of pyridine rings is 1. The first-order valence-corrected chi connectivity index (χ1v) is 13.8. The van der Waals surface area contributed by atoms with E-state index < -0.39 is 11.9 Å². The number of rotatable bonds is 7. The van der Waals surface area contributed by atoms with Crippen molar-refractivity contribution in [3.63, 3.8) is 0 Å². The Morgan fingerprint density at radius 3 is 2.54 bits per heavy atom. The summed E-state index contributed by atoms with van der Waals surface area (Å²) in [6, 6.07) is 13.1. The van der Waals surface area contributed by atoms with Crippen molar-refractivity contribution in [2.24, 2.45) is 0 Å². The number of aryl methyl sites for hydroxylation is 1. The number of ether oxygens (including phenoxy) is 1. The zero-order valence-corrected chi connectivity index (χ0v) is 24.9. The normalized spacial score (nSPS) is 14.6. The van der Waals surface area contributed by atoms with E-state index in [1.54, 1.807) is 63.6 Å². The number of amides is 2. The Bertz CT molecular complexity index is 1670. The Hall–Kier alpha value is -3.66. The van der Waals surface area contributed by atoms with E-state index in [0.29, 0.717) is 57.7 Å². The molecule has 0 saturated carbocycles. The van der Waals surface area contributed by atoms with Crippen molar-refractivity contribution in [3.05, 3.63) is 81.2 Å². The summed E-state index contributed by atoms with van der Waals surface area (Å²) >= 11 is 12.9. The maximum absolute atomic E-state index is 14.8. The number of halogens is 3. The summed E-state index contributed by atoms with van der Waals surface area (Å²) in [6.07, 6.45) is 0. The van der Waals surface area contributed by atoms with Crippen LogP contribution in [0.2, 0.25) is 10.0 Å². The van der Waals surface area contributed by atoms with E-state index in [9.17, 15) is 14.0 Å². The minimum absolute atomic E-state index is 0.138. The molecule has 2 aromatic heterocycles. The predicted molar refractivity (Wildman–Crippen MR) is 159 cm³/mol. The van der Waals surface area contributed by atoms with Gasteiger partial charge in [-0.25, -0.2) is 9.37 Å². The van der Waals surface area contributed by atoms with Crippen LogP contribution in [0.25, 0.3) is 16.9 Å². The highest BCUT2D eigenvalue weighted by atomic mass is 35.5. The molecule has 41 heavy (non-hydrogen) atoms. The smallest absolute Gasteiger partial charge is 0.275 e. The molecule has 1 aliphatic heterocycles. The molecule has 5 rings (SSSR count). The van der Waals surface area contributed by atoms with Crippen LogP contribution < -0.4 is 9.64 Å². The summed E-state index contributed by atoms with van der Waals surface area (Å²) in [6.45, 7) is 4.21. The van der Waals surface area contributed by atoms with Crippen molar-refractivity contribution in [2.75, 3.05) is 45.7 Å². The van der Waals surface area contributed by atoms with Crippen LogP contribution in [0.3, 0.4) is 0 Å². The number of anilines is 1. The van der Waals surface area contributed by atoms with E-state index in [2.05, 4.69) is 0 Å². The number of fused-ring (bicyclic) bond motifs is 2. The number of imidazole rings is 1. The van der Waals surface area contributed by atoms with Crippen LogP contribution in [0.1, 0.15) is 34.6 Å². The van der Waals surface area contributed by atoms with Crippen molar-refractivity contribution < 1.29 is 18.7 Å². The lowest BCUT2D eigenvalue weighted by molar-refractivity contribution is -0.116. The zero-order chi connectivity index (χ0) is 29.6. The van der Waals surface area contributed by atoms with Crippen molar-refractivity contribution in [1.29, 1.82) is 0 Å². The third-order valence-electron chi connectivity index (χ3n) is 7.35. The number of methoxy groups -OCH3 is 1. The molecule has 214 valence electrons. The highest BCUT2D eigenvalue weighted by Crippen LogP contribution is 2.46. The molecule has 0 aliphatic carbocycles. The molecule has 4 aromatic rings. The number of aromatic nitrogens is 2. The highest BCUT2D eigenvalue weighted by molar-refractivity contribution is 6.44. The van der Waals surface area contributed by atoms with E-state index in [-0.39, 0.29) is 29.1 Å². The lowest BCUT2D eigenvalue weighted by atomic mass is 10.0.